The zero-order chi connectivity index (χ0) is 41.3. The SMILES string of the molecule is CC(F)F.COc1nc2c3c(c(C(F)(F)F)c(-c4cc(O)cc5ccc(F)c(C(C)=O)c45)c(F)c3n1)OCCN2Cc1cccnc1N.FC1CC2CCCN2C1. The van der Waals surface area contributed by atoms with Crippen molar-refractivity contribution in [3.8, 4) is 28.6 Å². The Kier molecular flexibility index (Phi) is 11.9. The highest BCUT2D eigenvalue weighted by Crippen LogP contribution is 2.53. The Bertz CT molecular complexity index is 2300. The predicted molar refractivity (Wildman–Crippen MR) is 197 cm³/mol. The maximum Gasteiger partial charge on any atom is 0.420 e. The highest BCUT2D eigenvalue weighted by atomic mass is 19.4. The first-order chi connectivity index (χ1) is 27.0. The molecule has 0 amide bonds. The lowest BCUT2D eigenvalue weighted by atomic mass is 9.88. The standard InChI is InChI=1S/C30H22F5N5O4.C7H12FN.C2H4F2/c1-13(41)19-18(31)6-5-14-10-16(42)11-17(20(14)19)21-23(30(33,34)35)26-22-25(24(21)32)38-29(43-2)39-28(22)40(8-9-44-26)12-15-4-3-7-37-27(15)36;8-6-4-7-2-1-3-9(7)5-6;1-2(3)4/h3-7,10-11,42H,8-9,12H2,1-2H3,(H2,36,37);6-7H,1-5H2;2H,1H3. The monoisotopic (exact) mass is 806 g/mol. The van der Waals surface area contributed by atoms with Gasteiger partial charge in [0.25, 0.3) is 0 Å². The number of phenolic OH excluding ortho intramolecular Hbond substituents is 1. The van der Waals surface area contributed by atoms with Crippen LogP contribution in [0.5, 0.6) is 17.5 Å². The van der Waals surface area contributed by atoms with Crippen molar-refractivity contribution in [3.05, 3.63) is 70.9 Å². The predicted octanol–water partition coefficient (Wildman–Crippen LogP) is 8.50. The average Bonchev–Trinajstić information content (AvgIpc) is 3.67. The van der Waals surface area contributed by atoms with Crippen LogP contribution < -0.4 is 20.1 Å². The van der Waals surface area contributed by atoms with E-state index in [-0.39, 0.29) is 53.5 Å². The van der Waals surface area contributed by atoms with Crippen LogP contribution in [0.2, 0.25) is 0 Å². The quantitative estimate of drug-likeness (QED) is 0.132. The normalized spacial score (nSPS) is 17.7. The molecule has 2 saturated heterocycles. The first-order valence-corrected chi connectivity index (χ1v) is 17.9. The van der Waals surface area contributed by atoms with Crippen molar-refractivity contribution in [1.82, 2.24) is 19.9 Å². The molecule has 2 atom stereocenters. The molecular formula is C39H38F8N6O4. The number of hydrogen-bond acceptors (Lipinski definition) is 10. The molecule has 8 rings (SSSR count). The van der Waals surface area contributed by atoms with Gasteiger partial charge in [-0.2, -0.15) is 23.1 Å². The first kappa shape index (κ1) is 41.1. The number of benzene rings is 3. The van der Waals surface area contributed by atoms with Crippen molar-refractivity contribution >= 4 is 39.1 Å². The van der Waals surface area contributed by atoms with Crippen molar-refractivity contribution in [2.45, 2.75) is 64.5 Å². The van der Waals surface area contributed by atoms with Gasteiger partial charge >= 0.3 is 12.2 Å². The van der Waals surface area contributed by atoms with Crippen molar-refractivity contribution in [1.29, 1.82) is 0 Å². The third kappa shape index (κ3) is 8.45. The number of phenols is 1. The third-order valence-electron chi connectivity index (χ3n) is 9.79. The van der Waals surface area contributed by atoms with Gasteiger partial charge in [0.2, 0.25) is 6.43 Å². The molecule has 304 valence electrons. The lowest BCUT2D eigenvalue weighted by Crippen LogP contribution is -2.28. The molecule has 3 aliphatic rings. The minimum atomic E-state index is -5.25. The number of aromatic hydroxyl groups is 1. The lowest BCUT2D eigenvalue weighted by molar-refractivity contribution is -0.138. The summed E-state index contributed by atoms with van der Waals surface area (Å²) in [4.78, 5) is 28.8. The first-order valence-electron chi connectivity index (χ1n) is 17.9. The maximum atomic E-state index is 16.8. The number of halogens is 8. The van der Waals surface area contributed by atoms with Crippen LogP contribution in [0.3, 0.4) is 0 Å². The van der Waals surface area contributed by atoms with Gasteiger partial charge in [-0.15, -0.1) is 0 Å². The molecule has 57 heavy (non-hydrogen) atoms. The van der Waals surface area contributed by atoms with E-state index in [1.54, 1.807) is 17.0 Å². The number of methoxy groups -OCH3 is 1. The second kappa shape index (κ2) is 16.5. The molecule has 0 bridgehead atoms. The molecule has 5 heterocycles. The highest BCUT2D eigenvalue weighted by molar-refractivity contribution is 6.14. The number of aromatic nitrogens is 3. The summed E-state index contributed by atoms with van der Waals surface area (Å²) in [7, 11) is 1.21. The van der Waals surface area contributed by atoms with Crippen molar-refractivity contribution in [2.75, 3.05) is 44.0 Å². The van der Waals surface area contributed by atoms with Gasteiger partial charge in [-0.1, -0.05) is 12.1 Å². The Morgan fingerprint density at radius 2 is 1.86 bits per heavy atom. The molecule has 2 unspecified atom stereocenters. The Balaban J connectivity index is 0.000000357. The number of fused-ring (bicyclic) bond motifs is 2. The Morgan fingerprint density at radius 1 is 1.12 bits per heavy atom. The van der Waals surface area contributed by atoms with Crippen LogP contribution in [0, 0.1) is 11.6 Å². The van der Waals surface area contributed by atoms with Gasteiger partial charge in [0, 0.05) is 41.8 Å². The Labute approximate surface area is 321 Å². The van der Waals surface area contributed by atoms with Crippen LogP contribution in [0.15, 0.2) is 42.6 Å². The highest BCUT2D eigenvalue weighted by Gasteiger charge is 2.44. The summed E-state index contributed by atoms with van der Waals surface area (Å²) in [5.41, 5.74) is 2.15. The number of alkyl halides is 6. The molecular weight excluding hydrogens is 768 g/mol. The number of carbonyl (C=O) groups excluding carboxylic acids is 1. The van der Waals surface area contributed by atoms with E-state index < -0.39 is 75.5 Å². The zero-order valence-corrected chi connectivity index (χ0v) is 30.9. The van der Waals surface area contributed by atoms with E-state index in [0.717, 1.165) is 45.0 Å². The van der Waals surface area contributed by atoms with Gasteiger partial charge in [0.1, 0.15) is 52.8 Å². The van der Waals surface area contributed by atoms with Gasteiger partial charge in [-0.05, 0) is 74.9 Å². The minimum Gasteiger partial charge on any atom is -0.508 e. The van der Waals surface area contributed by atoms with E-state index in [2.05, 4.69) is 19.9 Å². The second-order valence-corrected chi connectivity index (χ2v) is 13.7. The van der Waals surface area contributed by atoms with Crippen molar-refractivity contribution in [3.63, 3.8) is 0 Å². The van der Waals surface area contributed by atoms with Gasteiger partial charge in [0.15, 0.2) is 11.6 Å². The van der Waals surface area contributed by atoms with E-state index in [0.29, 0.717) is 18.2 Å². The number of pyridine rings is 1. The van der Waals surface area contributed by atoms with E-state index in [9.17, 15) is 27.5 Å². The number of rotatable bonds is 5. The van der Waals surface area contributed by atoms with Gasteiger partial charge < -0.3 is 25.2 Å². The van der Waals surface area contributed by atoms with Crippen molar-refractivity contribution in [2.24, 2.45) is 0 Å². The number of nitrogen functional groups attached to an aromatic ring is 1. The summed E-state index contributed by atoms with van der Waals surface area (Å²) < 4.78 is 121. The summed E-state index contributed by atoms with van der Waals surface area (Å²) in [5, 5.41) is 9.79. The number of nitrogens with two attached hydrogens (primary N) is 1. The summed E-state index contributed by atoms with van der Waals surface area (Å²) in [6.45, 7) is 3.45. The van der Waals surface area contributed by atoms with Gasteiger partial charge in [-0.3, -0.25) is 9.69 Å². The number of nitrogens with zero attached hydrogens (tertiary/aromatic N) is 5. The molecule has 10 nitrogen and oxygen atoms in total. The van der Waals surface area contributed by atoms with Crippen LogP contribution in [-0.4, -0.2) is 82.7 Å². The van der Waals surface area contributed by atoms with Crippen LogP contribution in [0.4, 0.5) is 46.8 Å². The van der Waals surface area contributed by atoms with E-state index in [1.165, 1.54) is 32.2 Å². The molecule has 0 aliphatic carbocycles. The van der Waals surface area contributed by atoms with Gasteiger partial charge in [0.05, 0.1) is 24.6 Å². The topological polar surface area (TPSA) is 127 Å². The summed E-state index contributed by atoms with van der Waals surface area (Å²) in [6.07, 6.45) is -3.12. The van der Waals surface area contributed by atoms with Gasteiger partial charge in [-0.25, -0.2) is 26.9 Å². The van der Waals surface area contributed by atoms with Crippen molar-refractivity contribution < 1.29 is 54.5 Å². The molecule has 0 radical (unpaired) electrons. The fourth-order valence-electron chi connectivity index (χ4n) is 7.55. The molecule has 0 saturated carbocycles. The smallest absolute Gasteiger partial charge is 0.420 e. The Morgan fingerprint density at radius 3 is 2.51 bits per heavy atom. The number of carbonyl (C=O) groups is 1. The summed E-state index contributed by atoms with van der Waals surface area (Å²) >= 11 is 0. The Hall–Kier alpha value is -5.52. The number of Topliss-reactive ketones (excluding diaryl/α,β-unsaturated/α-hetero) is 1. The van der Waals surface area contributed by atoms with Crippen LogP contribution in [0.25, 0.3) is 32.8 Å². The van der Waals surface area contributed by atoms with E-state index in [1.807, 2.05) is 0 Å². The summed E-state index contributed by atoms with van der Waals surface area (Å²) in [6, 6.07) is 7.65. The molecule has 3 N–H and O–H groups in total. The largest absolute Gasteiger partial charge is 0.508 e. The molecule has 18 heteroatoms. The van der Waals surface area contributed by atoms with Crippen LogP contribution in [-0.2, 0) is 12.7 Å². The molecule has 2 aromatic heterocycles. The fraction of sp³-hybridized carbons (Fsp3) is 0.385. The second-order valence-electron chi connectivity index (χ2n) is 13.7. The zero-order valence-electron chi connectivity index (χ0n) is 30.9. The molecule has 3 aliphatic heterocycles. The van der Waals surface area contributed by atoms with E-state index in [4.69, 9.17) is 15.2 Å². The third-order valence-corrected chi connectivity index (χ3v) is 9.79. The van der Waals surface area contributed by atoms with E-state index >= 15 is 17.6 Å². The number of ether oxygens (including phenoxy) is 2. The maximum absolute atomic E-state index is 16.8. The molecule has 0 spiro atoms. The van der Waals surface area contributed by atoms with Crippen LogP contribution in [0.1, 0.15) is 54.6 Å². The average molecular weight is 807 g/mol. The van der Waals surface area contributed by atoms with Crippen LogP contribution >= 0.6 is 0 Å². The minimum absolute atomic E-state index is 0.00127. The lowest BCUT2D eigenvalue weighted by Gasteiger charge is -2.24. The number of hydrogen-bond donors (Lipinski definition) is 2. The molecule has 2 fully saturated rings. The fourth-order valence-corrected chi connectivity index (χ4v) is 7.55. The molecule has 5 aromatic rings. The number of anilines is 2. The molecule has 3 aromatic carbocycles. The summed E-state index contributed by atoms with van der Waals surface area (Å²) in [5.74, 6) is -4.59. The number of ketones is 1.